The van der Waals surface area contributed by atoms with Gasteiger partial charge in [0, 0.05) is 30.3 Å². The largest absolute Gasteiger partial charge is 0.508 e. The van der Waals surface area contributed by atoms with Crippen LogP contribution in [0, 0.1) is 13.8 Å². The first-order chi connectivity index (χ1) is 15.5. The summed E-state index contributed by atoms with van der Waals surface area (Å²) in [4.78, 5) is 19.4. The molecule has 1 aliphatic heterocycles. The molecule has 2 aromatic carbocycles. The molecule has 9 heteroatoms. The van der Waals surface area contributed by atoms with Gasteiger partial charge in [-0.3, -0.25) is 4.79 Å². The molecule has 0 saturated carbocycles. The third-order valence-corrected chi connectivity index (χ3v) is 6.30. The molecule has 0 aliphatic carbocycles. The van der Waals surface area contributed by atoms with Gasteiger partial charge in [-0.15, -0.1) is 0 Å². The molecule has 0 fully saturated rings. The van der Waals surface area contributed by atoms with Crippen molar-refractivity contribution in [1.29, 1.82) is 0 Å². The van der Waals surface area contributed by atoms with Crippen molar-refractivity contribution >= 4 is 29.0 Å². The molecule has 4 rings (SSSR count). The Kier molecular flexibility index (Phi) is 5.52. The lowest BCUT2D eigenvalue weighted by Gasteiger charge is -2.39. The Bertz CT molecular complexity index is 1260. The number of phenolic OH excluding ortho intramolecular Hbond substituents is 1. The molecule has 3 aromatic rings. The average Bonchev–Trinajstić information content (AvgIpc) is 3.09. The molecule has 2 heterocycles. The van der Waals surface area contributed by atoms with Crippen molar-refractivity contribution in [2.24, 2.45) is 0 Å². The summed E-state index contributed by atoms with van der Waals surface area (Å²) in [6.07, 6.45) is -4.45. The highest BCUT2D eigenvalue weighted by atomic mass is 35.5. The second kappa shape index (κ2) is 7.95. The van der Waals surface area contributed by atoms with Crippen LogP contribution >= 0.6 is 11.6 Å². The number of nitrogens with zero attached hydrogens (tertiary/aromatic N) is 2. The number of aryl methyl sites for hydroxylation is 2. The Labute approximate surface area is 193 Å². The lowest BCUT2D eigenvalue weighted by Crippen LogP contribution is -2.53. The Morgan fingerprint density at radius 2 is 1.88 bits per heavy atom. The minimum atomic E-state index is -4.60. The van der Waals surface area contributed by atoms with Crippen LogP contribution in [0.5, 0.6) is 5.75 Å². The first-order valence-corrected chi connectivity index (χ1v) is 10.5. The maximum Gasteiger partial charge on any atom is 0.416 e. The standard InChI is InChI=1S/C24H21ClF3N3O2/c1-13-8-16(5-7-19(13)25)23(22(33)29-3)12-15-4-6-18(32)11-20(15)31(23)21-10-17(24(26,27)28)9-14(2)30-21/h4-11,32H,12H2,1-3H3,(H,29,33). The number of carbonyl (C=O) groups excluding carboxylic acids is 1. The van der Waals surface area contributed by atoms with E-state index in [-0.39, 0.29) is 23.7 Å². The van der Waals surface area contributed by atoms with Crippen molar-refractivity contribution in [3.8, 4) is 5.75 Å². The first kappa shape index (κ1) is 22.9. The zero-order chi connectivity index (χ0) is 24.1. The number of hydrogen-bond acceptors (Lipinski definition) is 4. The predicted octanol–water partition coefficient (Wildman–Crippen LogP) is 5.41. The van der Waals surface area contributed by atoms with E-state index in [1.807, 2.05) is 0 Å². The van der Waals surface area contributed by atoms with Gasteiger partial charge in [0.15, 0.2) is 5.54 Å². The second-order valence-electron chi connectivity index (χ2n) is 8.08. The molecule has 1 aliphatic rings. The molecule has 1 amide bonds. The summed E-state index contributed by atoms with van der Waals surface area (Å²) in [5.74, 6) is -0.568. The summed E-state index contributed by atoms with van der Waals surface area (Å²) in [7, 11) is 1.47. The minimum absolute atomic E-state index is 0.0529. The number of hydrogen-bond donors (Lipinski definition) is 2. The van der Waals surface area contributed by atoms with Gasteiger partial charge in [0.2, 0.25) is 0 Å². The number of benzene rings is 2. The lowest BCUT2D eigenvalue weighted by molar-refractivity contribution is -0.137. The van der Waals surface area contributed by atoms with E-state index in [9.17, 15) is 23.1 Å². The Morgan fingerprint density at radius 3 is 2.52 bits per heavy atom. The number of alkyl halides is 3. The van der Waals surface area contributed by atoms with Crippen molar-refractivity contribution in [1.82, 2.24) is 10.3 Å². The van der Waals surface area contributed by atoms with E-state index in [0.717, 1.165) is 12.1 Å². The van der Waals surface area contributed by atoms with Crippen molar-refractivity contribution in [3.05, 3.63) is 81.5 Å². The molecule has 0 radical (unpaired) electrons. The predicted molar refractivity (Wildman–Crippen MR) is 120 cm³/mol. The topological polar surface area (TPSA) is 65.5 Å². The van der Waals surface area contributed by atoms with Crippen molar-refractivity contribution in [2.45, 2.75) is 32.0 Å². The maximum absolute atomic E-state index is 13.7. The van der Waals surface area contributed by atoms with Gasteiger partial charge in [0.1, 0.15) is 11.6 Å². The van der Waals surface area contributed by atoms with Gasteiger partial charge in [0.25, 0.3) is 5.91 Å². The van der Waals surface area contributed by atoms with Crippen LogP contribution in [-0.2, 0) is 22.9 Å². The van der Waals surface area contributed by atoms with Gasteiger partial charge in [-0.05, 0) is 54.8 Å². The number of halogens is 4. The van der Waals surface area contributed by atoms with Gasteiger partial charge in [-0.25, -0.2) is 4.98 Å². The van der Waals surface area contributed by atoms with Gasteiger partial charge in [0.05, 0.1) is 11.3 Å². The molecular weight excluding hydrogens is 455 g/mol. The second-order valence-corrected chi connectivity index (χ2v) is 8.49. The average molecular weight is 476 g/mol. The summed E-state index contributed by atoms with van der Waals surface area (Å²) < 4.78 is 41.0. The molecule has 172 valence electrons. The number of nitrogens with one attached hydrogen (secondary N) is 1. The molecule has 1 atom stereocenters. The summed E-state index contributed by atoms with van der Waals surface area (Å²) in [5.41, 5.74) is 0.145. The van der Waals surface area contributed by atoms with Crippen molar-refractivity contribution in [2.75, 3.05) is 11.9 Å². The zero-order valence-corrected chi connectivity index (χ0v) is 18.8. The zero-order valence-electron chi connectivity index (χ0n) is 18.1. The van der Waals surface area contributed by atoms with Crippen molar-refractivity contribution in [3.63, 3.8) is 0 Å². The Morgan fingerprint density at radius 1 is 1.15 bits per heavy atom. The third kappa shape index (κ3) is 3.78. The molecule has 5 nitrogen and oxygen atoms in total. The molecule has 1 aromatic heterocycles. The quantitative estimate of drug-likeness (QED) is 0.531. The van der Waals surface area contributed by atoms with Crippen LogP contribution in [0.1, 0.15) is 27.9 Å². The number of fused-ring (bicyclic) bond motifs is 1. The molecule has 2 N–H and O–H groups in total. The lowest BCUT2D eigenvalue weighted by atomic mass is 9.84. The van der Waals surface area contributed by atoms with Gasteiger partial charge in [-0.2, -0.15) is 13.2 Å². The van der Waals surface area contributed by atoms with Gasteiger partial charge in [-0.1, -0.05) is 29.8 Å². The van der Waals surface area contributed by atoms with Gasteiger partial charge < -0.3 is 15.3 Å². The fourth-order valence-electron chi connectivity index (χ4n) is 4.37. The van der Waals surface area contributed by atoms with E-state index < -0.39 is 23.2 Å². The number of carbonyl (C=O) groups is 1. The highest BCUT2D eigenvalue weighted by Crippen LogP contribution is 2.51. The van der Waals surface area contributed by atoms with E-state index in [1.54, 1.807) is 31.2 Å². The molecule has 0 bridgehead atoms. The number of anilines is 2. The summed E-state index contributed by atoms with van der Waals surface area (Å²) in [6.45, 7) is 3.25. The summed E-state index contributed by atoms with van der Waals surface area (Å²) in [6, 6.07) is 11.5. The minimum Gasteiger partial charge on any atom is -0.508 e. The Hall–Kier alpha value is -3.26. The highest BCUT2D eigenvalue weighted by Gasteiger charge is 2.52. The molecular formula is C24H21ClF3N3O2. The number of pyridine rings is 1. The number of likely N-dealkylation sites (N-methyl/N-ethyl adjacent to an activating group) is 1. The highest BCUT2D eigenvalue weighted by molar-refractivity contribution is 6.31. The van der Waals surface area contributed by atoms with Crippen molar-refractivity contribution < 1.29 is 23.1 Å². The number of rotatable bonds is 3. The summed E-state index contributed by atoms with van der Waals surface area (Å²) >= 11 is 6.22. The van der Waals surface area contributed by atoms with Gasteiger partial charge >= 0.3 is 6.18 Å². The van der Waals surface area contributed by atoms with Crippen LogP contribution < -0.4 is 10.2 Å². The SMILES string of the molecule is CNC(=O)C1(c2ccc(Cl)c(C)c2)Cc2ccc(O)cc2N1c1cc(C(F)(F)F)cc(C)n1. The van der Waals surface area contributed by atoms with Crippen LogP contribution in [0.15, 0.2) is 48.5 Å². The monoisotopic (exact) mass is 475 g/mol. The number of phenols is 1. The van der Waals surface area contributed by atoms with Crippen LogP contribution in [0.25, 0.3) is 0 Å². The van der Waals surface area contributed by atoms with Crippen LogP contribution in [0.4, 0.5) is 24.7 Å². The Balaban J connectivity index is 2.07. The fraction of sp³-hybridized carbons (Fsp3) is 0.250. The van der Waals surface area contributed by atoms with E-state index in [1.165, 1.54) is 31.0 Å². The van der Waals surface area contributed by atoms with Crippen LogP contribution in [-0.4, -0.2) is 23.0 Å². The molecule has 0 spiro atoms. The number of aromatic hydroxyl groups is 1. The molecule has 33 heavy (non-hydrogen) atoms. The first-order valence-electron chi connectivity index (χ1n) is 10.1. The molecule has 0 saturated heterocycles. The fourth-order valence-corrected chi connectivity index (χ4v) is 4.49. The van der Waals surface area contributed by atoms with E-state index >= 15 is 0 Å². The number of amides is 1. The van der Waals surface area contributed by atoms with E-state index in [0.29, 0.717) is 27.4 Å². The number of aromatic nitrogens is 1. The molecule has 1 unspecified atom stereocenters. The van der Waals surface area contributed by atoms with Crippen LogP contribution in [0.2, 0.25) is 5.02 Å². The maximum atomic E-state index is 13.7. The van der Waals surface area contributed by atoms with E-state index in [4.69, 9.17) is 11.6 Å². The third-order valence-electron chi connectivity index (χ3n) is 5.87. The van der Waals surface area contributed by atoms with Crippen LogP contribution in [0.3, 0.4) is 0 Å². The summed E-state index contributed by atoms with van der Waals surface area (Å²) in [5, 5.41) is 13.3. The smallest absolute Gasteiger partial charge is 0.416 e. The van der Waals surface area contributed by atoms with E-state index in [2.05, 4.69) is 10.3 Å². The normalized spacial score (nSPS) is 17.7.